The summed E-state index contributed by atoms with van der Waals surface area (Å²) < 4.78 is 0. The first-order valence-electron chi connectivity index (χ1n) is 7.87. The molecule has 1 nitrogen and oxygen atoms in total. The van der Waals surface area contributed by atoms with Gasteiger partial charge >= 0.3 is 0 Å². The van der Waals surface area contributed by atoms with E-state index in [-0.39, 0.29) is 0 Å². The van der Waals surface area contributed by atoms with Gasteiger partial charge in [-0.25, -0.2) is 4.84 Å². The van der Waals surface area contributed by atoms with Gasteiger partial charge in [0.05, 0.1) is 0 Å². The summed E-state index contributed by atoms with van der Waals surface area (Å²) in [6.45, 7) is 5.11. The van der Waals surface area contributed by atoms with Crippen molar-refractivity contribution in [3.8, 4) is 0 Å². The molecule has 4 unspecified atom stereocenters. The van der Waals surface area contributed by atoms with Crippen LogP contribution in [0.5, 0.6) is 0 Å². The van der Waals surface area contributed by atoms with Gasteiger partial charge in [-0.1, -0.05) is 13.8 Å². The van der Waals surface area contributed by atoms with Crippen molar-refractivity contribution in [3.63, 3.8) is 0 Å². The van der Waals surface area contributed by atoms with E-state index in [9.17, 15) is 0 Å². The van der Waals surface area contributed by atoms with Gasteiger partial charge < -0.3 is 0 Å². The lowest BCUT2D eigenvalue weighted by atomic mass is 9.29. The van der Waals surface area contributed by atoms with Gasteiger partial charge in [0.1, 0.15) is 0 Å². The van der Waals surface area contributed by atoms with Crippen molar-refractivity contribution in [1.82, 2.24) is 4.84 Å². The van der Waals surface area contributed by atoms with Crippen LogP contribution in [0.2, 0.25) is 0 Å². The van der Waals surface area contributed by atoms with Crippen LogP contribution in [-0.4, -0.2) is 5.54 Å². The Morgan fingerprint density at radius 1 is 0.833 bits per heavy atom. The smallest absolute Gasteiger partial charge is 0.0399 e. The van der Waals surface area contributed by atoms with Crippen LogP contribution in [0.3, 0.4) is 0 Å². The first-order chi connectivity index (χ1) is 8.49. The Labute approximate surface area is 115 Å². The lowest BCUT2D eigenvalue weighted by Gasteiger charge is -2.78. The predicted octanol–water partition coefficient (Wildman–Crippen LogP) is 3.97. The van der Waals surface area contributed by atoms with Crippen molar-refractivity contribution in [2.75, 3.05) is 0 Å². The second-order valence-corrected chi connectivity index (χ2v) is 9.35. The van der Waals surface area contributed by atoms with Crippen LogP contribution in [0, 0.1) is 40.4 Å². The Bertz CT molecular complexity index is 407. The molecule has 0 amide bonds. The minimum absolute atomic E-state index is 0.318. The molecule has 0 aromatic rings. The van der Waals surface area contributed by atoms with E-state index in [1.165, 1.54) is 38.5 Å². The lowest BCUT2D eigenvalue weighted by molar-refractivity contribution is -0.264. The Hall–Kier alpha value is 0.250. The van der Waals surface area contributed by atoms with Gasteiger partial charge in [-0.15, -0.1) is 0 Å². The van der Waals surface area contributed by atoms with E-state index in [1.54, 1.807) is 0 Å². The average Bonchev–Trinajstić information content (AvgIpc) is 2.33. The SMILES string of the molecule is CC12CC3C4CC5(C)CC3C(C1)C(NCl)(C5)C4C2. The first kappa shape index (κ1) is 11.0. The maximum absolute atomic E-state index is 6.34. The summed E-state index contributed by atoms with van der Waals surface area (Å²) in [5.41, 5.74) is 1.58. The molecule has 2 heteroatoms. The van der Waals surface area contributed by atoms with Crippen LogP contribution in [-0.2, 0) is 0 Å². The van der Waals surface area contributed by atoms with Gasteiger partial charge in [-0.3, -0.25) is 0 Å². The van der Waals surface area contributed by atoms with Crippen LogP contribution in [0.25, 0.3) is 0 Å². The predicted molar refractivity (Wildman–Crippen MR) is 73.1 cm³/mol. The quantitative estimate of drug-likeness (QED) is 0.708. The van der Waals surface area contributed by atoms with Crippen LogP contribution < -0.4 is 4.84 Å². The normalized spacial score (nSPS) is 71.2. The highest BCUT2D eigenvalue weighted by molar-refractivity contribution is 6.14. The maximum Gasteiger partial charge on any atom is 0.0399 e. The first-order valence-corrected chi connectivity index (χ1v) is 8.24. The number of nitrogens with one attached hydrogen (secondary N) is 1. The number of hydrogen-bond donors (Lipinski definition) is 1. The number of hydrogen-bond acceptors (Lipinski definition) is 1. The Morgan fingerprint density at radius 3 is 1.94 bits per heavy atom. The van der Waals surface area contributed by atoms with Crippen molar-refractivity contribution in [2.45, 2.75) is 57.9 Å². The fourth-order valence-corrected chi connectivity index (χ4v) is 8.25. The van der Waals surface area contributed by atoms with Gasteiger partial charge in [-0.05, 0) is 90.7 Å². The summed E-state index contributed by atoms with van der Waals surface area (Å²) in [4.78, 5) is 3.37. The molecule has 7 aliphatic rings. The molecule has 7 saturated carbocycles. The molecule has 100 valence electrons. The second-order valence-electron chi connectivity index (χ2n) is 9.16. The zero-order valence-corrected chi connectivity index (χ0v) is 12.3. The summed E-state index contributed by atoms with van der Waals surface area (Å²) >= 11 is 6.34. The van der Waals surface area contributed by atoms with E-state index >= 15 is 0 Å². The third-order valence-corrected chi connectivity index (χ3v) is 8.31. The molecule has 4 atom stereocenters. The molecule has 0 aromatic carbocycles. The van der Waals surface area contributed by atoms with Gasteiger partial charge in [-0.2, -0.15) is 0 Å². The Morgan fingerprint density at radius 2 is 1.39 bits per heavy atom. The van der Waals surface area contributed by atoms with E-state index in [4.69, 9.17) is 11.8 Å². The molecule has 0 spiro atoms. The van der Waals surface area contributed by atoms with Crippen LogP contribution in [0.4, 0.5) is 0 Å². The highest BCUT2D eigenvalue weighted by atomic mass is 35.5. The average molecular weight is 266 g/mol. The minimum atomic E-state index is 0.318. The monoisotopic (exact) mass is 265 g/mol. The summed E-state index contributed by atoms with van der Waals surface area (Å²) in [5.74, 6) is 4.83. The largest absolute Gasteiger partial charge is 0.227 e. The Balaban J connectivity index is 1.71. The fraction of sp³-hybridized carbons (Fsp3) is 1.00. The van der Waals surface area contributed by atoms with Gasteiger partial charge in [0.25, 0.3) is 0 Å². The number of halogens is 1. The van der Waals surface area contributed by atoms with Crippen LogP contribution in [0.15, 0.2) is 0 Å². The van der Waals surface area contributed by atoms with Crippen molar-refractivity contribution < 1.29 is 0 Å². The molecular formula is C16H24ClN. The molecule has 7 rings (SSSR count). The van der Waals surface area contributed by atoms with Crippen molar-refractivity contribution >= 4 is 11.8 Å². The zero-order valence-electron chi connectivity index (χ0n) is 11.5. The van der Waals surface area contributed by atoms with E-state index in [0.717, 1.165) is 29.6 Å². The molecule has 8 bridgehead atoms. The van der Waals surface area contributed by atoms with E-state index in [0.29, 0.717) is 16.4 Å². The molecule has 7 fully saturated rings. The zero-order chi connectivity index (χ0) is 12.3. The topological polar surface area (TPSA) is 12.0 Å². The molecule has 7 aliphatic carbocycles. The Kier molecular flexibility index (Phi) is 1.71. The molecule has 0 aliphatic heterocycles. The summed E-state index contributed by atoms with van der Waals surface area (Å²) in [5, 5.41) is 0. The maximum atomic E-state index is 6.34. The van der Waals surface area contributed by atoms with Gasteiger partial charge in [0.15, 0.2) is 0 Å². The van der Waals surface area contributed by atoms with Crippen molar-refractivity contribution in [2.24, 2.45) is 40.4 Å². The van der Waals surface area contributed by atoms with E-state index < -0.39 is 0 Å². The highest BCUT2D eigenvalue weighted by Gasteiger charge is 2.74. The molecule has 18 heavy (non-hydrogen) atoms. The summed E-state index contributed by atoms with van der Waals surface area (Å²) in [7, 11) is 0. The molecule has 0 radical (unpaired) electrons. The number of rotatable bonds is 1. The molecule has 0 heterocycles. The third kappa shape index (κ3) is 0.975. The lowest BCUT2D eigenvalue weighted by Crippen LogP contribution is -2.77. The summed E-state index contributed by atoms with van der Waals surface area (Å²) in [6, 6.07) is 0. The second kappa shape index (κ2) is 2.81. The van der Waals surface area contributed by atoms with Crippen LogP contribution in [0.1, 0.15) is 52.4 Å². The molecule has 0 saturated heterocycles. The third-order valence-electron chi connectivity index (χ3n) is 7.96. The molecular weight excluding hydrogens is 242 g/mol. The highest BCUT2D eigenvalue weighted by Crippen LogP contribution is 2.77. The van der Waals surface area contributed by atoms with E-state index in [1.807, 2.05) is 0 Å². The molecule has 0 aromatic heterocycles. The van der Waals surface area contributed by atoms with Crippen molar-refractivity contribution in [1.29, 1.82) is 0 Å². The minimum Gasteiger partial charge on any atom is -0.227 e. The van der Waals surface area contributed by atoms with E-state index in [2.05, 4.69) is 18.7 Å². The molecule has 1 N–H and O–H groups in total. The summed E-state index contributed by atoms with van der Waals surface area (Å²) in [6.07, 6.45) is 8.79. The standard InChI is InChI=1S/C16H24ClN/c1-14-3-9-10-4-15(2)5-11(9)13(7-14)16(8-15,18-17)12(10)6-14/h9-13,18H,3-8H2,1-2H3. The van der Waals surface area contributed by atoms with Gasteiger partial charge in [0.2, 0.25) is 0 Å². The van der Waals surface area contributed by atoms with Crippen LogP contribution >= 0.6 is 11.8 Å². The van der Waals surface area contributed by atoms with Crippen molar-refractivity contribution in [3.05, 3.63) is 0 Å². The fourth-order valence-electron chi connectivity index (χ4n) is 7.90. The van der Waals surface area contributed by atoms with Gasteiger partial charge in [0, 0.05) is 5.54 Å².